The Bertz CT molecular complexity index is 504. The highest BCUT2D eigenvalue weighted by Crippen LogP contribution is 2.40. The maximum absolute atomic E-state index is 10.2. The first kappa shape index (κ1) is 10.5. The van der Waals surface area contributed by atoms with E-state index in [4.69, 9.17) is 0 Å². The van der Waals surface area contributed by atoms with Gasteiger partial charge in [0.25, 0.3) is 0 Å². The monoisotopic (exact) mass is 224 g/mol. The molecule has 0 radical (unpaired) electrons. The zero-order valence-electron chi connectivity index (χ0n) is 9.71. The Balaban J connectivity index is 1.70. The van der Waals surface area contributed by atoms with E-state index in [1.807, 2.05) is 30.3 Å². The normalized spacial score (nSPS) is 19.2. The van der Waals surface area contributed by atoms with Crippen molar-refractivity contribution in [2.45, 2.75) is 24.9 Å². The maximum atomic E-state index is 10.2. The summed E-state index contributed by atoms with van der Waals surface area (Å²) in [5.74, 6) is 0.529. The van der Waals surface area contributed by atoms with Crippen LogP contribution in [0.1, 0.15) is 35.1 Å². The molecule has 3 rings (SSSR count). The first-order chi connectivity index (χ1) is 8.34. The molecule has 0 saturated heterocycles. The van der Waals surface area contributed by atoms with Gasteiger partial charge in [-0.2, -0.15) is 0 Å². The van der Waals surface area contributed by atoms with Crippen LogP contribution in [0.3, 0.4) is 0 Å². The van der Waals surface area contributed by atoms with E-state index in [0.29, 0.717) is 5.92 Å². The van der Waals surface area contributed by atoms with Crippen LogP contribution in [0.2, 0.25) is 0 Å². The minimum absolute atomic E-state index is 0.338. The quantitative estimate of drug-likeness (QED) is 0.846. The number of hydrogen-bond donors (Lipinski definition) is 1. The summed E-state index contributed by atoms with van der Waals surface area (Å²) in [5.41, 5.74) is 3.89. The van der Waals surface area contributed by atoms with E-state index >= 15 is 0 Å². The molecule has 0 amide bonds. The van der Waals surface area contributed by atoms with Crippen LogP contribution in [-0.2, 0) is 6.42 Å². The fraction of sp³-hybridized carbons (Fsp3) is 0.250. The minimum Gasteiger partial charge on any atom is -0.388 e. The smallest absolute Gasteiger partial charge is 0.0796 e. The molecule has 0 fully saturated rings. The van der Waals surface area contributed by atoms with Gasteiger partial charge >= 0.3 is 0 Å². The highest BCUT2D eigenvalue weighted by atomic mass is 16.3. The van der Waals surface area contributed by atoms with E-state index < -0.39 is 0 Å². The second-order valence-electron chi connectivity index (χ2n) is 4.76. The maximum Gasteiger partial charge on any atom is 0.0796 e. The van der Waals surface area contributed by atoms with Gasteiger partial charge in [0.2, 0.25) is 0 Å². The lowest BCUT2D eigenvalue weighted by molar-refractivity contribution is 0.153. The van der Waals surface area contributed by atoms with Crippen molar-refractivity contribution in [3.63, 3.8) is 0 Å². The van der Waals surface area contributed by atoms with Gasteiger partial charge in [-0.25, -0.2) is 0 Å². The van der Waals surface area contributed by atoms with Crippen LogP contribution < -0.4 is 0 Å². The van der Waals surface area contributed by atoms with Crippen molar-refractivity contribution in [3.05, 3.63) is 71.3 Å². The molecule has 0 aliphatic heterocycles. The van der Waals surface area contributed by atoms with Crippen molar-refractivity contribution < 1.29 is 5.11 Å². The summed E-state index contributed by atoms with van der Waals surface area (Å²) in [7, 11) is 0. The van der Waals surface area contributed by atoms with Gasteiger partial charge in [0.1, 0.15) is 0 Å². The fourth-order valence-electron chi connectivity index (χ4n) is 2.65. The molecule has 17 heavy (non-hydrogen) atoms. The minimum atomic E-state index is -0.338. The van der Waals surface area contributed by atoms with Crippen molar-refractivity contribution in [2.24, 2.45) is 0 Å². The van der Waals surface area contributed by atoms with Crippen LogP contribution >= 0.6 is 0 Å². The molecular weight excluding hydrogens is 208 g/mol. The number of aliphatic hydroxyl groups is 1. The van der Waals surface area contributed by atoms with Crippen molar-refractivity contribution in [1.29, 1.82) is 0 Å². The Kier molecular flexibility index (Phi) is 2.69. The molecule has 0 heterocycles. The Morgan fingerprint density at radius 3 is 2.47 bits per heavy atom. The number of aliphatic hydroxyl groups excluding tert-OH is 1. The van der Waals surface area contributed by atoms with Gasteiger partial charge in [-0.15, -0.1) is 0 Å². The van der Waals surface area contributed by atoms with E-state index in [1.54, 1.807) is 0 Å². The number of benzene rings is 2. The fourth-order valence-corrected chi connectivity index (χ4v) is 2.65. The predicted molar refractivity (Wildman–Crippen MR) is 68.9 cm³/mol. The van der Waals surface area contributed by atoms with Crippen molar-refractivity contribution in [2.75, 3.05) is 0 Å². The molecule has 0 bridgehead atoms. The van der Waals surface area contributed by atoms with Gasteiger partial charge in [-0.05, 0) is 35.4 Å². The molecule has 86 valence electrons. The van der Waals surface area contributed by atoms with Crippen LogP contribution in [0.15, 0.2) is 54.6 Å². The van der Waals surface area contributed by atoms with Crippen LogP contribution in [0.25, 0.3) is 0 Å². The van der Waals surface area contributed by atoms with E-state index in [2.05, 4.69) is 24.3 Å². The lowest BCUT2D eigenvalue weighted by Crippen LogP contribution is -2.19. The Hall–Kier alpha value is -1.60. The molecule has 0 spiro atoms. The molecule has 2 aromatic carbocycles. The highest BCUT2D eigenvalue weighted by Gasteiger charge is 2.27. The number of rotatable bonds is 3. The number of hydrogen-bond acceptors (Lipinski definition) is 1. The molecule has 0 saturated carbocycles. The molecule has 2 atom stereocenters. The van der Waals surface area contributed by atoms with Gasteiger partial charge < -0.3 is 5.11 Å². The van der Waals surface area contributed by atoms with Crippen molar-refractivity contribution in [1.82, 2.24) is 0 Å². The number of fused-ring (bicyclic) bond motifs is 1. The Morgan fingerprint density at radius 2 is 1.71 bits per heavy atom. The van der Waals surface area contributed by atoms with Crippen LogP contribution in [0.5, 0.6) is 0 Å². The lowest BCUT2D eigenvalue weighted by Gasteiger charge is -2.31. The zero-order chi connectivity index (χ0) is 11.7. The molecule has 2 unspecified atom stereocenters. The molecule has 1 aliphatic carbocycles. The third-order valence-electron chi connectivity index (χ3n) is 3.65. The summed E-state index contributed by atoms with van der Waals surface area (Å²) in [4.78, 5) is 0. The molecule has 0 aromatic heterocycles. The molecule has 1 nitrogen and oxygen atoms in total. The average Bonchev–Trinajstić information content (AvgIpc) is 2.37. The first-order valence-corrected chi connectivity index (χ1v) is 6.15. The lowest BCUT2D eigenvalue weighted by atomic mass is 9.74. The Morgan fingerprint density at radius 1 is 1.00 bits per heavy atom. The van der Waals surface area contributed by atoms with E-state index in [0.717, 1.165) is 18.4 Å². The van der Waals surface area contributed by atoms with Gasteiger partial charge in [0, 0.05) is 0 Å². The van der Waals surface area contributed by atoms with E-state index in [-0.39, 0.29) is 6.10 Å². The summed E-state index contributed by atoms with van der Waals surface area (Å²) in [6.07, 6.45) is 1.61. The first-order valence-electron chi connectivity index (χ1n) is 6.15. The summed E-state index contributed by atoms with van der Waals surface area (Å²) in [6, 6.07) is 18.5. The average molecular weight is 224 g/mol. The van der Waals surface area contributed by atoms with Gasteiger partial charge in [-0.1, -0.05) is 54.6 Å². The van der Waals surface area contributed by atoms with Gasteiger partial charge in [0.05, 0.1) is 6.10 Å². The Labute approximate surface area is 102 Å². The van der Waals surface area contributed by atoms with E-state index in [9.17, 15) is 5.11 Å². The van der Waals surface area contributed by atoms with Gasteiger partial charge in [-0.3, -0.25) is 0 Å². The summed E-state index contributed by atoms with van der Waals surface area (Å²) < 4.78 is 0. The molecule has 1 heteroatoms. The summed E-state index contributed by atoms with van der Waals surface area (Å²) >= 11 is 0. The molecule has 1 aliphatic rings. The van der Waals surface area contributed by atoms with Crippen LogP contribution in [0, 0.1) is 0 Å². The highest BCUT2D eigenvalue weighted by molar-refractivity contribution is 5.40. The largest absolute Gasteiger partial charge is 0.388 e. The van der Waals surface area contributed by atoms with Gasteiger partial charge in [0.15, 0.2) is 0 Å². The summed E-state index contributed by atoms with van der Waals surface area (Å²) in [5, 5.41) is 10.2. The summed E-state index contributed by atoms with van der Waals surface area (Å²) in [6.45, 7) is 0. The van der Waals surface area contributed by atoms with Crippen LogP contribution in [-0.4, -0.2) is 5.11 Å². The predicted octanol–water partition coefficient (Wildman–Crippen LogP) is 3.45. The molecular formula is C16H16O. The zero-order valence-corrected chi connectivity index (χ0v) is 9.71. The third kappa shape index (κ3) is 1.98. The third-order valence-corrected chi connectivity index (χ3v) is 3.65. The van der Waals surface area contributed by atoms with Crippen molar-refractivity contribution >= 4 is 0 Å². The standard InChI is InChI=1S/C16H16O/c17-16(12-6-2-1-3-7-12)11-14-10-13-8-4-5-9-15(13)14/h1-9,14,16-17H,10-11H2. The topological polar surface area (TPSA) is 20.2 Å². The molecule has 1 N–H and O–H groups in total. The molecule has 2 aromatic rings. The van der Waals surface area contributed by atoms with Crippen LogP contribution in [0.4, 0.5) is 0 Å². The van der Waals surface area contributed by atoms with Crippen molar-refractivity contribution in [3.8, 4) is 0 Å². The second-order valence-corrected chi connectivity index (χ2v) is 4.76. The SMILES string of the molecule is OC(CC1Cc2ccccc21)c1ccccc1. The van der Waals surface area contributed by atoms with E-state index in [1.165, 1.54) is 11.1 Å². The second kappa shape index (κ2) is 4.34.